The van der Waals surface area contributed by atoms with Gasteiger partial charge >= 0.3 is 0 Å². The Kier molecular flexibility index (Phi) is 3.85. The maximum Gasteiger partial charge on any atom is 0.258 e. The standard InChI is InChI=1S/C15H13BrClNO2/c16-14-12(6-8-20-14)15(19)18-7-2-5-13(18)10-3-1-4-11(17)9-10/h1,3-4,6,8-9,13H,2,5,7H2. The van der Waals surface area contributed by atoms with Gasteiger partial charge in [0.25, 0.3) is 5.91 Å². The Morgan fingerprint density at radius 3 is 2.95 bits per heavy atom. The summed E-state index contributed by atoms with van der Waals surface area (Å²) in [7, 11) is 0. The fourth-order valence-electron chi connectivity index (χ4n) is 2.67. The number of benzene rings is 1. The Morgan fingerprint density at radius 2 is 2.25 bits per heavy atom. The van der Waals surface area contributed by atoms with E-state index in [0.717, 1.165) is 24.9 Å². The lowest BCUT2D eigenvalue weighted by Gasteiger charge is -2.25. The molecule has 1 atom stereocenters. The third-order valence-electron chi connectivity index (χ3n) is 3.60. The second-order valence-corrected chi connectivity index (χ2v) is 5.98. The van der Waals surface area contributed by atoms with Crippen LogP contribution in [-0.2, 0) is 0 Å². The second kappa shape index (κ2) is 5.62. The molecule has 1 aliphatic heterocycles. The topological polar surface area (TPSA) is 33.5 Å². The van der Waals surface area contributed by atoms with E-state index in [9.17, 15) is 4.79 Å². The molecule has 1 unspecified atom stereocenters. The molecule has 0 N–H and O–H groups in total. The van der Waals surface area contributed by atoms with Crippen molar-refractivity contribution in [2.75, 3.05) is 6.54 Å². The van der Waals surface area contributed by atoms with Crippen molar-refractivity contribution in [1.82, 2.24) is 4.90 Å². The van der Waals surface area contributed by atoms with Gasteiger partial charge in [0.1, 0.15) is 0 Å². The highest BCUT2D eigenvalue weighted by Crippen LogP contribution is 2.35. The first-order valence-corrected chi connectivity index (χ1v) is 7.63. The van der Waals surface area contributed by atoms with Gasteiger partial charge < -0.3 is 9.32 Å². The first-order valence-electron chi connectivity index (χ1n) is 6.46. The van der Waals surface area contributed by atoms with Gasteiger partial charge in [-0.2, -0.15) is 0 Å². The molecular formula is C15H13BrClNO2. The fourth-order valence-corrected chi connectivity index (χ4v) is 3.28. The van der Waals surface area contributed by atoms with Crippen LogP contribution in [0.2, 0.25) is 5.02 Å². The van der Waals surface area contributed by atoms with Crippen molar-refractivity contribution in [1.29, 1.82) is 0 Å². The summed E-state index contributed by atoms with van der Waals surface area (Å²) in [4.78, 5) is 14.5. The molecule has 0 saturated carbocycles. The number of carbonyl (C=O) groups excluding carboxylic acids is 1. The number of nitrogens with zero attached hydrogens (tertiary/aromatic N) is 1. The van der Waals surface area contributed by atoms with E-state index in [0.29, 0.717) is 15.3 Å². The minimum absolute atomic E-state index is 0.00639. The number of halogens is 2. The maximum atomic E-state index is 12.6. The first kappa shape index (κ1) is 13.7. The molecule has 1 aliphatic rings. The molecule has 1 aromatic carbocycles. The summed E-state index contributed by atoms with van der Waals surface area (Å²) in [5.74, 6) is -0.00639. The van der Waals surface area contributed by atoms with Gasteiger partial charge in [-0.25, -0.2) is 0 Å². The maximum absolute atomic E-state index is 12.6. The van der Waals surface area contributed by atoms with Crippen molar-refractivity contribution in [3.63, 3.8) is 0 Å². The Hall–Kier alpha value is -1.26. The predicted molar refractivity (Wildman–Crippen MR) is 80.9 cm³/mol. The van der Waals surface area contributed by atoms with Crippen LogP contribution in [0.4, 0.5) is 0 Å². The molecule has 1 saturated heterocycles. The van der Waals surface area contributed by atoms with Crippen LogP contribution in [0, 0.1) is 0 Å². The largest absolute Gasteiger partial charge is 0.457 e. The average Bonchev–Trinajstić information content (AvgIpc) is 3.06. The highest BCUT2D eigenvalue weighted by atomic mass is 79.9. The van der Waals surface area contributed by atoms with Gasteiger partial charge in [0.2, 0.25) is 0 Å². The quantitative estimate of drug-likeness (QED) is 0.785. The van der Waals surface area contributed by atoms with Crippen LogP contribution in [0.5, 0.6) is 0 Å². The van der Waals surface area contributed by atoms with Crippen LogP contribution in [0.3, 0.4) is 0 Å². The summed E-state index contributed by atoms with van der Waals surface area (Å²) >= 11 is 9.32. The van der Waals surface area contributed by atoms with Crippen molar-refractivity contribution in [2.24, 2.45) is 0 Å². The van der Waals surface area contributed by atoms with Gasteiger partial charge in [-0.3, -0.25) is 4.79 Å². The van der Waals surface area contributed by atoms with Crippen LogP contribution in [-0.4, -0.2) is 17.4 Å². The Bertz CT molecular complexity index is 640. The van der Waals surface area contributed by atoms with E-state index >= 15 is 0 Å². The van der Waals surface area contributed by atoms with Gasteiger partial charge in [-0.15, -0.1) is 0 Å². The first-order chi connectivity index (χ1) is 9.66. The summed E-state index contributed by atoms with van der Waals surface area (Å²) < 4.78 is 5.64. The lowest BCUT2D eigenvalue weighted by atomic mass is 10.0. The van der Waals surface area contributed by atoms with Gasteiger partial charge in [0.05, 0.1) is 17.9 Å². The Labute approximate surface area is 130 Å². The van der Waals surface area contributed by atoms with Gasteiger partial charge in [0.15, 0.2) is 4.67 Å². The van der Waals surface area contributed by atoms with Gasteiger partial charge in [-0.1, -0.05) is 23.7 Å². The third-order valence-corrected chi connectivity index (χ3v) is 4.44. The van der Waals surface area contributed by atoms with Crippen LogP contribution >= 0.6 is 27.5 Å². The van der Waals surface area contributed by atoms with Crippen molar-refractivity contribution < 1.29 is 9.21 Å². The molecule has 1 aromatic heterocycles. The minimum atomic E-state index is -0.00639. The number of carbonyl (C=O) groups is 1. The van der Waals surface area contributed by atoms with E-state index in [1.807, 2.05) is 29.2 Å². The van der Waals surface area contributed by atoms with Gasteiger partial charge in [-0.05, 0) is 52.5 Å². The Morgan fingerprint density at radius 1 is 1.40 bits per heavy atom. The fraction of sp³-hybridized carbons (Fsp3) is 0.267. The number of amides is 1. The van der Waals surface area contributed by atoms with E-state index in [1.54, 1.807) is 6.07 Å². The molecule has 0 aliphatic carbocycles. The van der Waals surface area contributed by atoms with Crippen molar-refractivity contribution in [3.05, 3.63) is 57.4 Å². The van der Waals surface area contributed by atoms with E-state index in [-0.39, 0.29) is 11.9 Å². The molecule has 1 amide bonds. The molecule has 5 heteroatoms. The zero-order valence-corrected chi connectivity index (χ0v) is 13.0. The van der Waals surface area contributed by atoms with E-state index in [1.165, 1.54) is 6.26 Å². The van der Waals surface area contributed by atoms with E-state index in [2.05, 4.69) is 15.9 Å². The zero-order valence-electron chi connectivity index (χ0n) is 10.7. The highest BCUT2D eigenvalue weighted by Gasteiger charge is 2.32. The summed E-state index contributed by atoms with van der Waals surface area (Å²) in [6, 6.07) is 9.50. The molecule has 20 heavy (non-hydrogen) atoms. The van der Waals surface area contributed by atoms with Crippen LogP contribution < -0.4 is 0 Å². The minimum Gasteiger partial charge on any atom is -0.457 e. The van der Waals surface area contributed by atoms with Gasteiger partial charge in [0, 0.05) is 11.6 Å². The van der Waals surface area contributed by atoms with Crippen LogP contribution in [0.15, 0.2) is 45.7 Å². The number of hydrogen-bond acceptors (Lipinski definition) is 2. The number of likely N-dealkylation sites (tertiary alicyclic amines) is 1. The normalized spacial score (nSPS) is 18.5. The lowest BCUT2D eigenvalue weighted by molar-refractivity contribution is 0.0733. The smallest absolute Gasteiger partial charge is 0.258 e. The monoisotopic (exact) mass is 353 g/mol. The molecule has 104 valence electrons. The van der Waals surface area contributed by atoms with Crippen molar-refractivity contribution in [2.45, 2.75) is 18.9 Å². The number of hydrogen-bond donors (Lipinski definition) is 0. The predicted octanol–water partition coefficient (Wildman–Crippen LogP) is 4.67. The molecule has 3 nitrogen and oxygen atoms in total. The average molecular weight is 355 g/mol. The molecule has 0 bridgehead atoms. The third kappa shape index (κ3) is 2.50. The second-order valence-electron chi connectivity index (χ2n) is 4.82. The van der Waals surface area contributed by atoms with Crippen molar-refractivity contribution >= 4 is 33.4 Å². The summed E-state index contributed by atoms with van der Waals surface area (Å²) in [6.45, 7) is 0.758. The van der Waals surface area contributed by atoms with Crippen LogP contribution in [0.1, 0.15) is 34.8 Å². The summed E-state index contributed by atoms with van der Waals surface area (Å²) in [5.41, 5.74) is 1.65. The molecule has 2 heterocycles. The van der Waals surface area contributed by atoms with Crippen LogP contribution in [0.25, 0.3) is 0 Å². The molecular weight excluding hydrogens is 342 g/mol. The SMILES string of the molecule is O=C(c1ccoc1Br)N1CCCC1c1cccc(Cl)c1. The number of furan rings is 1. The van der Waals surface area contributed by atoms with E-state index < -0.39 is 0 Å². The van der Waals surface area contributed by atoms with E-state index in [4.69, 9.17) is 16.0 Å². The molecule has 0 radical (unpaired) electrons. The lowest BCUT2D eigenvalue weighted by Crippen LogP contribution is -2.30. The zero-order chi connectivity index (χ0) is 14.1. The molecule has 1 fully saturated rings. The highest BCUT2D eigenvalue weighted by molar-refractivity contribution is 9.10. The number of rotatable bonds is 2. The Balaban J connectivity index is 1.90. The molecule has 2 aromatic rings. The summed E-state index contributed by atoms with van der Waals surface area (Å²) in [6.07, 6.45) is 3.47. The molecule has 3 rings (SSSR count). The molecule has 0 spiro atoms. The van der Waals surface area contributed by atoms with Crippen molar-refractivity contribution in [3.8, 4) is 0 Å². The summed E-state index contributed by atoms with van der Waals surface area (Å²) in [5, 5.41) is 0.700.